The first-order valence-corrected chi connectivity index (χ1v) is 12.3. The maximum atomic E-state index is 12.2. The van der Waals surface area contributed by atoms with Gasteiger partial charge in [0, 0.05) is 32.4 Å². The van der Waals surface area contributed by atoms with Gasteiger partial charge in [0.05, 0.1) is 23.7 Å². The minimum atomic E-state index is -0.609. The lowest BCUT2D eigenvalue weighted by molar-refractivity contribution is -0.144. The Morgan fingerprint density at radius 2 is 1.72 bits per heavy atom. The smallest absolute Gasteiger partial charge is 0.325 e. The van der Waals surface area contributed by atoms with Crippen LogP contribution < -0.4 is 15.4 Å². The highest BCUT2D eigenvalue weighted by molar-refractivity contribution is 6.30. The van der Waals surface area contributed by atoms with Gasteiger partial charge in [-0.1, -0.05) is 48.4 Å². The third-order valence-corrected chi connectivity index (χ3v) is 5.49. The minimum Gasteiger partial charge on any atom is -0.469 e. The quantitative estimate of drug-likeness (QED) is 0.280. The van der Waals surface area contributed by atoms with E-state index in [0.29, 0.717) is 23.2 Å². The summed E-state index contributed by atoms with van der Waals surface area (Å²) in [6.07, 6.45) is 1.54. The van der Waals surface area contributed by atoms with Gasteiger partial charge in [-0.05, 0) is 49.5 Å². The molecule has 0 aliphatic carbocycles. The van der Waals surface area contributed by atoms with E-state index in [2.05, 4.69) is 32.1 Å². The molecule has 39 heavy (non-hydrogen) atoms. The SMILES string of the molecule is C=Nc1ccc(Oc2ccc(Cl)cn2)cc1.CNC(=O)N(C[C@H](C)C(=O)OC)C(=O)NCc1ccc(C)cc1. The number of aryl methyl sites for hydroxylation is 1. The Bertz CT molecular complexity index is 1230. The number of rotatable bonds is 8. The van der Waals surface area contributed by atoms with Gasteiger partial charge in [-0.2, -0.15) is 0 Å². The number of hydrogen-bond acceptors (Lipinski definition) is 7. The molecule has 1 aromatic heterocycles. The lowest BCUT2D eigenvalue weighted by Crippen LogP contribution is -2.49. The Morgan fingerprint density at radius 1 is 1.05 bits per heavy atom. The number of carbonyl (C=O) groups is 3. The van der Waals surface area contributed by atoms with E-state index in [0.717, 1.165) is 21.7 Å². The molecule has 1 atom stereocenters. The maximum absolute atomic E-state index is 12.2. The molecule has 0 radical (unpaired) electrons. The highest BCUT2D eigenvalue weighted by Gasteiger charge is 2.26. The molecular formula is C28H32ClN5O5. The third-order valence-electron chi connectivity index (χ3n) is 5.27. The van der Waals surface area contributed by atoms with Crippen LogP contribution in [-0.2, 0) is 16.1 Å². The van der Waals surface area contributed by atoms with Crippen molar-refractivity contribution in [2.75, 3.05) is 20.7 Å². The summed E-state index contributed by atoms with van der Waals surface area (Å²) in [6.45, 7) is 7.23. The van der Waals surface area contributed by atoms with Crippen LogP contribution in [0.3, 0.4) is 0 Å². The second kappa shape index (κ2) is 15.7. The summed E-state index contributed by atoms with van der Waals surface area (Å²) >= 11 is 5.72. The van der Waals surface area contributed by atoms with Crippen LogP contribution in [0.25, 0.3) is 0 Å². The van der Waals surface area contributed by atoms with Crippen molar-refractivity contribution in [2.24, 2.45) is 10.9 Å². The van der Waals surface area contributed by atoms with Crippen molar-refractivity contribution in [3.05, 3.63) is 83.0 Å². The molecule has 1 heterocycles. The molecule has 206 valence electrons. The number of imide groups is 1. The first-order chi connectivity index (χ1) is 18.7. The minimum absolute atomic E-state index is 0.0634. The van der Waals surface area contributed by atoms with E-state index in [4.69, 9.17) is 16.3 Å². The number of urea groups is 2. The Hall–Kier alpha value is -4.44. The van der Waals surface area contributed by atoms with E-state index in [9.17, 15) is 14.4 Å². The molecule has 0 bridgehead atoms. The van der Waals surface area contributed by atoms with Crippen molar-refractivity contribution in [3.63, 3.8) is 0 Å². The van der Waals surface area contributed by atoms with Crippen LogP contribution in [0, 0.1) is 12.8 Å². The number of halogens is 1. The summed E-state index contributed by atoms with van der Waals surface area (Å²) in [7, 11) is 2.69. The number of methoxy groups -OCH3 is 1. The molecule has 2 aromatic carbocycles. The molecule has 3 aromatic rings. The number of benzene rings is 2. The van der Waals surface area contributed by atoms with Crippen molar-refractivity contribution in [1.82, 2.24) is 20.5 Å². The van der Waals surface area contributed by atoms with Crippen molar-refractivity contribution in [3.8, 4) is 11.6 Å². The van der Waals surface area contributed by atoms with Crippen LogP contribution in [0.5, 0.6) is 11.6 Å². The fraction of sp³-hybridized carbons (Fsp3) is 0.250. The predicted molar refractivity (Wildman–Crippen MR) is 151 cm³/mol. The van der Waals surface area contributed by atoms with Crippen LogP contribution in [0.1, 0.15) is 18.1 Å². The van der Waals surface area contributed by atoms with E-state index < -0.39 is 23.9 Å². The van der Waals surface area contributed by atoms with Crippen molar-refractivity contribution in [1.29, 1.82) is 0 Å². The number of nitrogens with zero attached hydrogens (tertiary/aromatic N) is 3. The summed E-state index contributed by atoms with van der Waals surface area (Å²) in [4.78, 5) is 44.3. The second-order valence-corrected chi connectivity index (χ2v) is 8.74. The predicted octanol–water partition coefficient (Wildman–Crippen LogP) is 5.51. The second-order valence-electron chi connectivity index (χ2n) is 8.30. The number of ether oxygens (including phenoxy) is 2. The summed E-state index contributed by atoms with van der Waals surface area (Å²) in [5, 5.41) is 5.64. The Balaban J connectivity index is 0.000000290. The first kappa shape index (κ1) is 30.8. The summed E-state index contributed by atoms with van der Waals surface area (Å²) in [6, 6.07) is 17.2. The monoisotopic (exact) mass is 553 g/mol. The number of aromatic nitrogens is 1. The molecular weight excluding hydrogens is 522 g/mol. The van der Waals surface area contributed by atoms with Crippen LogP contribution in [0.15, 0.2) is 71.9 Å². The van der Waals surface area contributed by atoms with E-state index in [1.54, 1.807) is 31.2 Å². The van der Waals surface area contributed by atoms with E-state index in [-0.39, 0.29) is 6.54 Å². The van der Waals surface area contributed by atoms with Crippen LogP contribution in [0.4, 0.5) is 15.3 Å². The molecule has 4 amide bonds. The van der Waals surface area contributed by atoms with Gasteiger partial charge in [-0.15, -0.1) is 0 Å². The van der Waals surface area contributed by atoms with Gasteiger partial charge in [-0.3, -0.25) is 9.79 Å². The van der Waals surface area contributed by atoms with E-state index in [1.165, 1.54) is 20.4 Å². The lowest BCUT2D eigenvalue weighted by Gasteiger charge is -2.23. The fourth-order valence-electron chi connectivity index (χ4n) is 3.08. The molecule has 0 fully saturated rings. The average molecular weight is 554 g/mol. The van der Waals surface area contributed by atoms with Gasteiger partial charge in [0.2, 0.25) is 5.88 Å². The van der Waals surface area contributed by atoms with Crippen molar-refractivity contribution < 1.29 is 23.9 Å². The molecule has 10 nitrogen and oxygen atoms in total. The number of carbonyl (C=O) groups excluding carboxylic acids is 3. The van der Waals surface area contributed by atoms with Crippen LogP contribution in [-0.4, -0.2) is 55.3 Å². The Morgan fingerprint density at radius 3 is 2.26 bits per heavy atom. The molecule has 3 rings (SSSR count). The standard InChI is InChI=1S/C16H23N3O4.C12H9ClN2O/c1-11-5-7-13(8-6-11)9-18-16(22)19(15(21)17-3)10-12(2)14(20)23-4;1-14-10-3-5-11(6-4-10)16-12-7-2-9(13)8-15-12/h5-8,12H,9-10H2,1-4H3,(H,17,21)(H,18,22);2-8H,1H2/t12-;/m0./s1. The molecule has 11 heteroatoms. The molecule has 0 saturated heterocycles. The zero-order valence-corrected chi connectivity index (χ0v) is 23.1. The number of pyridine rings is 1. The van der Waals surface area contributed by atoms with Gasteiger partial charge in [-0.25, -0.2) is 19.5 Å². The van der Waals surface area contributed by atoms with Crippen LogP contribution >= 0.6 is 11.6 Å². The van der Waals surface area contributed by atoms with Gasteiger partial charge in [0.1, 0.15) is 5.75 Å². The van der Waals surface area contributed by atoms with Gasteiger partial charge in [0.25, 0.3) is 0 Å². The number of nitrogens with one attached hydrogen (secondary N) is 2. The number of esters is 1. The maximum Gasteiger partial charge on any atom is 0.325 e. The normalized spacial score (nSPS) is 10.7. The fourth-order valence-corrected chi connectivity index (χ4v) is 3.20. The topological polar surface area (TPSA) is 122 Å². The van der Waals surface area contributed by atoms with Crippen molar-refractivity contribution in [2.45, 2.75) is 20.4 Å². The highest BCUT2D eigenvalue weighted by Crippen LogP contribution is 2.23. The summed E-state index contributed by atoms with van der Waals surface area (Å²) < 4.78 is 10.1. The molecule has 0 aliphatic rings. The summed E-state index contributed by atoms with van der Waals surface area (Å²) in [5.74, 6) is 0.110. The Labute approximate surface area is 233 Å². The largest absolute Gasteiger partial charge is 0.469 e. The number of hydrogen-bond donors (Lipinski definition) is 2. The van der Waals surface area contributed by atoms with E-state index >= 15 is 0 Å². The lowest BCUT2D eigenvalue weighted by atomic mass is 10.1. The molecule has 0 spiro atoms. The molecule has 0 saturated carbocycles. The first-order valence-electron chi connectivity index (χ1n) is 11.9. The van der Waals surface area contributed by atoms with Gasteiger partial charge >= 0.3 is 18.0 Å². The Kier molecular flexibility index (Phi) is 12.4. The number of amides is 4. The highest BCUT2D eigenvalue weighted by atomic mass is 35.5. The summed E-state index contributed by atoms with van der Waals surface area (Å²) in [5.41, 5.74) is 2.84. The van der Waals surface area contributed by atoms with Gasteiger partial charge < -0.3 is 20.1 Å². The third kappa shape index (κ3) is 10.4. The molecule has 0 unspecified atom stereocenters. The van der Waals surface area contributed by atoms with Gasteiger partial charge in [0.15, 0.2) is 0 Å². The zero-order chi connectivity index (χ0) is 28.8. The zero-order valence-electron chi connectivity index (χ0n) is 22.3. The van der Waals surface area contributed by atoms with Crippen molar-refractivity contribution >= 4 is 42.0 Å². The molecule has 0 aliphatic heterocycles. The van der Waals surface area contributed by atoms with Crippen LogP contribution in [0.2, 0.25) is 5.02 Å². The van der Waals surface area contributed by atoms with E-state index in [1.807, 2.05) is 43.3 Å². The molecule has 2 N–H and O–H groups in total. The average Bonchev–Trinajstić information content (AvgIpc) is 2.96. The number of aliphatic imine (C=N–C) groups is 1.